The summed E-state index contributed by atoms with van der Waals surface area (Å²) < 4.78 is 37.3. The van der Waals surface area contributed by atoms with E-state index in [0.717, 1.165) is 12.8 Å². The molecule has 0 bridgehead atoms. The minimum absolute atomic E-state index is 0.0685. The van der Waals surface area contributed by atoms with E-state index in [1.807, 2.05) is 11.8 Å². The van der Waals surface area contributed by atoms with Gasteiger partial charge in [-0.15, -0.1) is 0 Å². The monoisotopic (exact) mass is 342 g/mol. The molecule has 2 fully saturated rings. The molecule has 6 nitrogen and oxygen atoms in total. The van der Waals surface area contributed by atoms with Gasteiger partial charge in [0.15, 0.2) is 21.5 Å². The maximum Gasteiger partial charge on any atom is 0.187 e. The number of hydrogen-bond donors (Lipinski definition) is 1. The lowest BCUT2D eigenvalue weighted by Gasteiger charge is -2.34. The molecule has 1 atom stereocenters. The molecule has 0 radical (unpaired) electrons. The number of aromatic nitrogens is 2. The third kappa shape index (κ3) is 3.80. The summed E-state index contributed by atoms with van der Waals surface area (Å²) in [5.74, 6) is 0.602. The second kappa shape index (κ2) is 6.68. The van der Waals surface area contributed by atoms with Gasteiger partial charge in [-0.3, -0.25) is 0 Å². The van der Waals surface area contributed by atoms with Crippen molar-refractivity contribution in [3.63, 3.8) is 0 Å². The highest BCUT2D eigenvalue weighted by Crippen LogP contribution is 2.23. The summed E-state index contributed by atoms with van der Waals surface area (Å²) in [6, 6.07) is 0.360. The Balaban J connectivity index is 1.57. The van der Waals surface area contributed by atoms with E-state index < -0.39 is 9.84 Å². The summed E-state index contributed by atoms with van der Waals surface area (Å²) in [4.78, 5) is 10.0. The van der Waals surface area contributed by atoms with Crippen molar-refractivity contribution in [1.82, 2.24) is 15.3 Å². The fourth-order valence-corrected chi connectivity index (χ4v) is 5.07. The standard InChI is InChI=1S/C15H23FN4O2S/c1-2-13-14(16)15(18-10-17-13)20-6-3-11(4-7-20)19-12-5-8-23(21,22)9-12/h10-12,19H,2-9H2,1H3. The van der Waals surface area contributed by atoms with Crippen molar-refractivity contribution in [2.24, 2.45) is 0 Å². The van der Waals surface area contributed by atoms with Crippen molar-refractivity contribution in [1.29, 1.82) is 0 Å². The first-order valence-electron chi connectivity index (χ1n) is 8.19. The van der Waals surface area contributed by atoms with Crippen molar-refractivity contribution < 1.29 is 12.8 Å². The fraction of sp³-hybridized carbons (Fsp3) is 0.733. The third-order valence-electron chi connectivity index (χ3n) is 4.68. The zero-order chi connectivity index (χ0) is 16.4. The van der Waals surface area contributed by atoms with Crippen LogP contribution in [-0.2, 0) is 16.3 Å². The molecule has 2 aliphatic heterocycles. The van der Waals surface area contributed by atoms with Crippen LogP contribution >= 0.6 is 0 Å². The molecule has 1 aromatic rings. The molecule has 3 heterocycles. The van der Waals surface area contributed by atoms with Gasteiger partial charge in [-0.1, -0.05) is 6.92 Å². The lowest BCUT2D eigenvalue weighted by Crippen LogP contribution is -2.47. The molecule has 1 N–H and O–H groups in total. The van der Waals surface area contributed by atoms with Crippen LogP contribution in [-0.4, -0.2) is 55.1 Å². The number of nitrogens with zero attached hydrogens (tertiary/aromatic N) is 3. The first kappa shape index (κ1) is 16.6. The van der Waals surface area contributed by atoms with Crippen molar-refractivity contribution in [3.8, 4) is 0 Å². The third-order valence-corrected chi connectivity index (χ3v) is 6.44. The summed E-state index contributed by atoms with van der Waals surface area (Å²) in [6.07, 6.45) is 4.40. The molecule has 0 aromatic carbocycles. The van der Waals surface area contributed by atoms with E-state index in [0.29, 0.717) is 43.5 Å². The smallest absolute Gasteiger partial charge is 0.187 e. The molecule has 0 aliphatic carbocycles. The molecule has 3 rings (SSSR count). The number of halogens is 1. The van der Waals surface area contributed by atoms with Crippen LogP contribution in [0.1, 0.15) is 31.9 Å². The van der Waals surface area contributed by atoms with Crippen molar-refractivity contribution in [2.75, 3.05) is 29.5 Å². The molecule has 0 spiro atoms. The highest BCUT2D eigenvalue weighted by atomic mass is 32.2. The summed E-state index contributed by atoms with van der Waals surface area (Å²) in [5.41, 5.74) is 0.450. The Kier molecular flexibility index (Phi) is 4.82. The molecule has 8 heteroatoms. The van der Waals surface area contributed by atoms with E-state index in [1.165, 1.54) is 6.33 Å². The number of nitrogens with one attached hydrogen (secondary N) is 1. The van der Waals surface area contributed by atoms with E-state index >= 15 is 0 Å². The van der Waals surface area contributed by atoms with Crippen LogP contribution in [0.3, 0.4) is 0 Å². The predicted molar refractivity (Wildman–Crippen MR) is 86.8 cm³/mol. The van der Waals surface area contributed by atoms with Gasteiger partial charge < -0.3 is 10.2 Å². The van der Waals surface area contributed by atoms with Crippen molar-refractivity contribution in [3.05, 3.63) is 17.8 Å². The first-order valence-corrected chi connectivity index (χ1v) is 10.0. The number of rotatable bonds is 4. The molecule has 1 aromatic heterocycles. The van der Waals surface area contributed by atoms with Crippen molar-refractivity contribution >= 4 is 15.7 Å². The minimum atomic E-state index is -2.85. The Bertz CT molecular complexity index is 659. The zero-order valence-electron chi connectivity index (χ0n) is 13.3. The molecule has 0 amide bonds. The topological polar surface area (TPSA) is 75.2 Å². The quantitative estimate of drug-likeness (QED) is 0.877. The zero-order valence-corrected chi connectivity index (χ0v) is 14.1. The van der Waals surface area contributed by atoms with E-state index in [2.05, 4.69) is 15.3 Å². The van der Waals surface area contributed by atoms with Gasteiger partial charge in [-0.25, -0.2) is 22.8 Å². The lowest BCUT2D eigenvalue weighted by molar-refractivity contribution is 0.376. The average molecular weight is 342 g/mol. The molecule has 23 heavy (non-hydrogen) atoms. The Morgan fingerprint density at radius 2 is 2.00 bits per heavy atom. The number of sulfone groups is 1. The Morgan fingerprint density at radius 1 is 1.26 bits per heavy atom. The van der Waals surface area contributed by atoms with E-state index in [-0.39, 0.29) is 23.4 Å². The highest BCUT2D eigenvalue weighted by molar-refractivity contribution is 7.91. The average Bonchev–Trinajstić information content (AvgIpc) is 2.87. The van der Waals surface area contributed by atoms with Crippen LogP contribution in [0.2, 0.25) is 0 Å². The van der Waals surface area contributed by atoms with Crippen LogP contribution in [0, 0.1) is 5.82 Å². The Labute approximate surface area is 136 Å². The lowest BCUT2D eigenvalue weighted by atomic mass is 10.0. The van der Waals surface area contributed by atoms with Crippen LogP contribution in [0.5, 0.6) is 0 Å². The van der Waals surface area contributed by atoms with Crippen molar-refractivity contribution in [2.45, 2.75) is 44.7 Å². The minimum Gasteiger partial charge on any atom is -0.354 e. The van der Waals surface area contributed by atoms with Crippen LogP contribution in [0.25, 0.3) is 0 Å². The molecular formula is C15H23FN4O2S. The summed E-state index contributed by atoms with van der Waals surface area (Å²) in [6.45, 7) is 3.31. The van der Waals surface area contributed by atoms with Gasteiger partial charge in [0, 0.05) is 25.2 Å². The fourth-order valence-electron chi connectivity index (χ4n) is 3.38. The molecule has 128 valence electrons. The maximum atomic E-state index is 14.3. The number of hydrogen-bond acceptors (Lipinski definition) is 6. The van der Waals surface area contributed by atoms with Gasteiger partial charge >= 0.3 is 0 Å². The second-order valence-electron chi connectivity index (χ2n) is 6.34. The molecule has 2 saturated heterocycles. The number of aryl methyl sites for hydroxylation is 1. The van der Waals surface area contributed by atoms with Gasteiger partial charge in [-0.05, 0) is 25.7 Å². The van der Waals surface area contributed by atoms with E-state index in [9.17, 15) is 12.8 Å². The van der Waals surface area contributed by atoms with E-state index in [4.69, 9.17) is 0 Å². The first-order chi connectivity index (χ1) is 11.0. The number of piperidine rings is 1. The van der Waals surface area contributed by atoms with E-state index in [1.54, 1.807) is 0 Å². The van der Waals surface area contributed by atoms with Gasteiger partial charge in [0.05, 0.1) is 17.2 Å². The van der Waals surface area contributed by atoms with Crippen LogP contribution in [0.15, 0.2) is 6.33 Å². The summed E-state index contributed by atoms with van der Waals surface area (Å²) >= 11 is 0. The SMILES string of the molecule is CCc1ncnc(N2CCC(NC3CCS(=O)(=O)C3)CC2)c1F. The number of anilines is 1. The molecule has 1 unspecified atom stereocenters. The normalized spacial score (nSPS) is 25.0. The van der Waals surface area contributed by atoms with Gasteiger partial charge in [-0.2, -0.15) is 0 Å². The summed E-state index contributed by atoms with van der Waals surface area (Å²) in [5, 5.41) is 3.45. The second-order valence-corrected chi connectivity index (χ2v) is 8.57. The van der Waals surface area contributed by atoms with Crippen LogP contribution in [0.4, 0.5) is 10.2 Å². The molecule has 0 saturated carbocycles. The Morgan fingerprint density at radius 3 is 2.61 bits per heavy atom. The predicted octanol–water partition coefficient (Wildman–Crippen LogP) is 0.924. The Hall–Kier alpha value is -1.28. The van der Waals surface area contributed by atoms with Gasteiger partial charge in [0.1, 0.15) is 6.33 Å². The molecular weight excluding hydrogens is 319 g/mol. The maximum absolute atomic E-state index is 14.3. The van der Waals surface area contributed by atoms with Crippen LogP contribution < -0.4 is 10.2 Å². The summed E-state index contributed by atoms with van der Waals surface area (Å²) in [7, 11) is -2.85. The van der Waals surface area contributed by atoms with Gasteiger partial charge in [0.2, 0.25) is 0 Å². The molecule has 2 aliphatic rings. The highest BCUT2D eigenvalue weighted by Gasteiger charge is 2.31. The van der Waals surface area contributed by atoms with Gasteiger partial charge in [0.25, 0.3) is 0 Å². The largest absolute Gasteiger partial charge is 0.354 e.